The molecule has 0 aliphatic carbocycles. The molecule has 0 spiro atoms. The molecule has 3 rings (SSSR count). The van der Waals surface area contributed by atoms with Gasteiger partial charge in [0.2, 0.25) is 0 Å². The Morgan fingerprint density at radius 3 is 2.47 bits per heavy atom. The van der Waals surface area contributed by atoms with E-state index in [-0.39, 0.29) is 6.61 Å². The summed E-state index contributed by atoms with van der Waals surface area (Å²) in [4.78, 5) is 2.06. The molecule has 1 unspecified atom stereocenters. The van der Waals surface area contributed by atoms with Crippen LogP contribution in [0.15, 0.2) is 39.9 Å². The van der Waals surface area contributed by atoms with E-state index < -0.39 is 16.1 Å². The smallest absolute Gasteiger partial charge is 0.252 e. The number of ether oxygens (including phenoxy) is 3. The van der Waals surface area contributed by atoms with Crippen molar-refractivity contribution in [2.75, 3.05) is 53.6 Å². The molecule has 0 radical (unpaired) electrons. The van der Waals surface area contributed by atoms with Gasteiger partial charge in [0.05, 0.1) is 33.5 Å². The van der Waals surface area contributed by atoms with E-state index in [4.69, 9.17) is 14.2 Å². The molecule has 2 heterocycles. The van der Waals surface area contributed by atoms with Gasteiger partial charge in [-0.2, -0.15) is 4.31 Å². The van der Waals surface area contributed by atoms with Crippen molar-refractivity contribution in [3.8, 4) is 11.5 Å². The maximum Gasteiger partial charge on any atom is 0.252 e. The van der Waals surface area contributed by atoms with E-state index in [0.29, 0.717) is 55.0 Å². The van der Waals surface area contributed by atoms with Crippen LogP contribution in [0.2, 0.25) is 0 Å². The Morgan fingerprint density at radius 1 is 1.10 bits per heavy atom. The molecule has 166 valence electrons. The van der Waals surface area contributed by atoms with Gasteiger partial charge in [-0.25, -0.2) is 8.42 Å². The Balaban J connectivity index is 1.40. The zero-order valence-corrected chi connectivity index (χ0v) is 18.8. The van der Waals surface area contributed by atoms with E-state index in [1.54, 1.807) is 31.7 Å². The number of hydrogen-bond donors (Lipinski definition) is 1. The zero-order chi connectivity index (χ0) is 21.6. The minimum Gasteiger partial charge on any atom is -0.493 e. The Morgan fingerprint density at radius 2 is 1.83 bits per heavy atom. The van der Waals surface area contributed by atoms with Crippen molar-refractivity contribution in [2.24, 2.45) is 0 Å². The lowest BCUT2D eigenvalue weighted by atomic mass is 10.2. The summed E-state index contributed by atoms with van der Waals surface area (Å²) in [6, 6.07) is 8.93. The molecule has 2 aromatic rings. The molecule has 30 heavy (non-hydrogen) atoms. The number of β-amino-alcohol motifs (C(OH)–C–C–N with tert-alkyl or cyclic N) is 1. The van der Waals surface area contributed by atoms with E-state index in [1.807, 2.05) is 18.2 Å². The van der Waals surface area contributed by atoms with Gasteiger partial charge in [-0.05, 0) is 29.1 Å². The number of hydrogen-bond acceptors (Lipinski definition) is 8. The summed E-state index contributed by atoms with van der Waals surface area (Å²) in [5.74, 6) is 1.29. The second-order valence-corrected chi connectivity index (χ2v) is 10.1. The molecule has 1 aliphatic heterocycles. The third-order valence-corrected chi connectivity index (χ3v) is 8.19. The second kappa shape index (κ2) is 10.6. The molecule has 1 saturated heterocycles. The van der Waals surface area contributed by atoms with Gasteiger partial charge >= 0.3 is 0 Å². The fraction of sp³-hybridized carbons (Fsp3) is 0.500. The molecule has 10 heteroatoms. The Labute approximate surface area is 181 Å². The highest BCUT2D eigenvalue weighted by molar-refractivity contribution is 7.91. The number of methoxy groups -OCH3 is 2. The van der Waals surface area contributed by atoms with Crippen LogP contribution in [0.25, 0.3) is 0 Å². The third kappa shape index (κ3) is 5.71. The van der Waals surface area contributed by atoms with E-state index >= 15 is 0 Å². The standard InChI is InChI=1S/C20H28N2O6S2/c1-26-18-6-5-16(12-19(18)27-2)14-28-15-17(23)13-21-7-9-22(10-8-21)30(24,25)20-4-3-11-29-20/h3-6,11-12,17,23H,7-10,13-15H2,1-2H3. The topological polar surface area (TPSA) is 88.5 Å². The first kappa shape index (κ1) is 23.0. The van der Waals surface area contributed by atoms with Crippen LogP contribution < -0.4 is 9.47 Å². The number of thiophene rings is 1. The number of piperazine rings is 1. The lowest BCUT2D eigenvalue weighted by molar-refractivity contribution is 0.00535. The van der Waals surface area contributed by atoms with Gasteiger partial charge in [0, 0.05) is 32.7 Å². The van der Waals surface area contributed by atoms with Crippen LogP contribution >= 0.6 is 11.3 Å². The van der Waals surface area contributed by atoms with Gasteiger partial charge in [0.25, 0.3) is 10.0 Å². The Bertz CT molecular complexity index is 896. The van der Waals surface area contributed by atoms with Gasteiger partial charge in [-0.3, -0.25) is 4.90 Å². The van der Waals surface area contributed by atoms with Crippen molar-refractivity contribution in [3.05, 3.63) is 41.3 Å². The van der Waals surface area contributed by atoms with Crippen molar-refractivity contribution >= 4 is 21.4 Å². The molecule has 0 saturated carbocycles. The lowest BCUT2D eigenvalue weighted by Crippen LogP contribution is -2.50. The largest absolute Gasteiger partial charge is 0.493 e. The summed E-state index contributed by atoms with van der Waals surface area (Å²) in [5.41, 5.74) is 0.923. The van der Waals surface area contributed by atoms with Crippen LogP contribution in [-0.4, -0.2) is 82.4 Å². The maximum absolute atomic E-state index is 12.6. The zero-order valence-electron chi connectivity index (χ0n) is 17.2. The molecular formula is C20H28N2O6S2. The highest BCUT2D eigenvalue weighted by Gasteiger charge is 2.29. The van der Waals surface area contributed by atoms with Gasteiger partial charge < -0.3 is 19.3 Å². The minimum absolute atomic E-state index is 0.196. The lowest BCUT2D eigenvalue weighted by Gasteiger charge is -2.34. The highest BCUT2D eigenvalue weighted by atomic mass is 32.2. The van der Waals surface area contributed by atoms with Gasteiger partial charge in [-0.15, -0.1) is 11.3 Å². The van der Waals surface area contributed by atoms with Crippen LogP contribution in [0, 0.1) is 0 Å². The molecule has 1 aliphatic rings. The minimum atomic E-state index is -3.41. The first-order valence-corrected chi connectivity index (χ1v) is 12.0. The predicted molar refractivity (Wildman–Crippen MR) is 115 cm³/mol. The summed E-state index contributed by atoms with van der Waals surface area (Å²) in [7, 11) is -0.241. The number of nitrogens with zero attached hydrogens (tertiary/aromatic N) is 2. The predicted octanol–water partition coefficient (Wildman–Crippen LogP) is 1.65. The Hall–Kier alpha value is -1.69. The summed E-state index contributed by atoms with van der Waals surface area (Å²) in [6.45, 7) is 2.98. The summed E-state index contributed by atoms with van der Waals surface area (Å²) in [6.07, 6.45) is -0.648. The quantitative estimate of drug-likeness (QED) is 0.582. The van der Waals surface area contributed by atoms with Crippen molar-refractivity contribution in [3.63, 3.8) is 0 Å². The molecule has 1 N–H and O–H groups in total. The van der Waals surface area contributed by atoms with Crippen molar-refractivity contribution in [1.29, 1.82) is 0 Å². The first-order valence-electron chi connectivity index (χ1n) is 9.66. The van der Waals surface area contributed by atoms with E-state index in [9.17, 15) is 13.5 Å². The molecule has 8 nitrogen and oxygen atoms in total. The average Bonchev–Trinajstić information content (AvgIpc) is 3.30. The normalized spacial score (nSPS) is 17.0. The summed E-state index contributed by atoms with van der Waals surface area (Å²) >= 11 is 1.23. The van der Waals surface area contributed by atoms with Crippen LogP contribution in [0.5, 0.6) is 11.5 Å². The van der Waals surface area contributed by atoms with Crippen molar-refractivity contribution in [1.82, 2.24) is 9.21 Å². The van der Waals surface area contributed by atoms with E-state index in [1.165, 1.54) is 15.6 Å². The van der Waals surface area contributed by atoms with Gasteiger partial charge in [-0.1, -0.05) is 12.1 Å². The number of aliphatic hydroxyl groups is 1. The number of rotatable bonds is 10. The second-order valence-electron chi connectivity index (χ2n) is 7.00. The molecule has 1 fully saturated rings. The maximum atomic E-state index is 12.6. The fourth-order valence-corrected chi connectivity index (χ4v) is 5.89. The summed E-state index contributed by atoms with van der Waals surface area (Å²) < 4.78 is 43.2. The monoisotopic (exact) mass is 456 g/mol. The van der Waals surface area contributed by atoms with E-state index in [2.05, 4.69) is 4.90 Å². The molecule has 1 aromatic carbocycles. The third-order valence-electron chi connectivity index (χ3n) is 4.92. The highest BCUT2D eigenvalue weighted by Crippen LogP contribution is 2.27. The average molecular weight is 457 g/mol. The number of benzene rings is 1. The first-order chi connectivity index (χ1) is 14.4. The van der Waals surface area contributed by atoms with Crippen LogP contribution in [0.4, 0.5) is 0 Å². The van der Waals surface area contributed by atoms with E-state index in [0.717, 1.165) is 5.56 Å². The van der Waals surface area contributed by atoms with Crippen molar-refractivity contribution < 1.29 is 27.7 Å². The Kier molecular flexibility index (Phi) is 8.09. The molecule has 0 amide bonds. The molecule has 0 bridgehead atoms. The van der Waals surface area contributed by atoms with Gasteiger partial charge in [0.15, 0.2) is 11.5 Å². The number of aliphatic hydroxyl groups excluding tert-OH is 1. The number of sulfonamides is 1. The van der Waals surface area contributed by atoms with Crippen LogP contribution in [0.1, 0.15) is 5.56 Å². The van der Waals surface area contributed by atoms with Crippen LogP contribution in [-0.2, 0) is 21.4 Å². The molecule has 1 aromatic heterocycles. The van der Waals surface area contributed by atoms with Gasteiger partial charge in [0.1, 0.15) is 4.21 Å². The van der Waals surface area contributed by atoms with Crippen LogP contribution in [0.3, 0.4) is 0 Å². The summed E-state index contributed by atoms with van der Waals surface area (Å²) in [5, 5.41) is 12.1. The SMILES string of the molecule is COc1ccc(COCC(O)CN2CCN(S(=O)(=O)c3cccs3)CC2)cc1OC. The molecular weight excluding hydrogens is 428 g/mol. The van der Waals surface area contributed by atoms with Crippen molar-refractivity contribution in [2.45, 2.75) is 16.9 Å². The fourth-order valence-electron chi connectivity index (χ4n) is 3.32. The molecule has 1 atom stereocenters.